The van der Waals surface area contributed by atoms with Gasteiger partial charge in [-0.25, -0.2) is 0 Å². The summed E-state index contributed by atoms with van der Waals surface area (Å²) in [4.78, 5) is 25.2. The molecule has 1 aliphatic heterocycles. The van der Waals surface area contributed by atoms with E-state index in [9.17, 15) is 37.9 Å². The number of unbranched alkanes of at least 4 members (excludes halogenated alkanes) is 10. The molecule has 1 rings (SSSR count). The van der Waals surface area contributed by atoms with Crippen LogP contribution in [0.3, 0.4) is 0 Å². The van der Waals surface area contributed by atoms with Crippen molar-refractivity contribution >= 4 is 22.1 Å². The van der Waals surface area contributed by atoms with Gasteiger partial charge in [-0.15, -0.1) is 0 Å². The predicted octanol–water partition coefficient (Wildman–Crippen LogP) is 6.44. The zero-order valence-corrected chi connectivity index (χ0v) is 32.2. The van der Waals surface area contributed by atoms with Crippen molar-refractivity contribution in [1.29, 1.82) is 0 Å². The van der Waals surface area contributed by atoms with Crippen LogP contribution in [0.1, 0.15) is 129 Å². The van der Waals surface area contributed by atoms with Crippen LogP contribution in [0.25, 0.3) is 0 Å². The molecule has 0 spiro atoms. The van der Waals surface area contributed by atoms with Gasteiger partial charge in [0.1, 0.15) is 36.8 Å². The standard InChI is InChI=1S/C39H66O12S/c1-3-5-7-9-11-13-14-15-16-17-18-20-22-24-26-28-35(41)50-32(29-48-34(40)27-25-23-21-19-12-10-8-6-4-2)30-49-39-38(44)37(43)36(42)33(51-39)31-52(45,46)47/h5,7,11,13,15-16,18,20,32-33,36-39,42-44H,3-4,6,8-10,12,14,17,19,21-31H2,1-2H3,(H,45,46,47)/b7-5-,13-11-,16-15-,20-18-. The number of aliphatic hydroxyl groups is 3. The van der Waals surface area contributed by atoms with Gasteiger partial charge in [0.25, 0.3) is 10.1 Å². The molecule has 0 aromatic heterocycles. The molecule has 0 radical (unpaired) electrons. The van der Waals surface area contributed by atoms with Crippen LogP contribution >= 0.6 is 0 Å². The minimum atomic E-state index is -4.60. The molecule has 0 aliphatic carbocycles. The Morgan fingerprint density at radius 2 is 1.21 bits per heavy atom. The lowest BCUT2D eigenvalue weighted by molar-refractivity contribution is -0.297. The van der Waals surface area contributed by atoms with Crippen molar-refractivity contribution in [1.82, 2.24) is 0 Å². The lowest BCUT2D eigenvalue weighted by Crippen LogP contribution is -2.60. The van der Waals surface area contributed by atoms with E-state index in [1.807, 2.05) is 0 Å². The number of hydrogen-bond acceptors (Lipinski definition) is 11. The molecule has 4 N–H and O–H groups in total. The largest absolute Gasteiger partial charge is 0.462 e. The summed E-state index contributed by atoms with van der Waals surface area (Å²) in [5.41, 5.74) is 0. The lowest BCUT2D eigenvalue weighted by Gasteiger charge is -2.40. The van der Waals surface area contributed by atoms with Crippen molar-refractivity contribution in [3.05, 3.63) is 48.6 Å². The highest BCUT2D eigenvalue weighted by Crippen LogP contribution is 2.24. The number of carbonyl (C=O) groups excluding carboxylic acids is 2. The van der Waals surface area contributed by atoms with Crippen LogP contribution in [-0.4, -0.2) is 96.0 Å². The number of carbonyl (C=O) groups is 2. The Morgan fingerprint density at radius 1 is 0.673 bits per heavy atom. The maximum atomic E-state index is 12.7. The Morgan fingerprint density at radius 3 is 1.81 bits per heavy atom. The zero-order valence-electron chi connectivity index (χ0n) is 31.4. The van der Waals surface area contributed by atoms with Crippen LogP contribution < -0.4 is 0 Å². The summed E-state index contributed by atoms with van der Waals surface area (Å²) in [6, 6.07) is 0. The maximum Gasteiger partial charge on any atom is 0.306 e. The van der Waals surface area contributed by atoms with Gasteiger partial charge in [0.2, 0.25) is 0 Å². The molecule has 1 heterocycles. The quantitative estimate of drug-likeness (QED) is 0.0272. The number of rotatable bonds is 30. The molecule has 0 amide bonds. The van der Waals surface area contributed by atoms with E-state index in [0.717, 1.165) is 57.8 Å². The molecular formula is C39H66O12S. The van der Waals surface area contributed by atoms with E-state index in [-0.39, 0.29) is 19.4 Å². The second kappa shape index (κ2) is 30.0. The number of aliphatic hydroxyl groups excluding tert-OH is 3. The Bertz CT molecular complexity index is 1170. The van der Waals surface area contributed by atoms with Gasteiger partial charge in [-0.3, -0.25) is 14.1 Å². The van der Waals surface area contributed by atoms with Gasteiger partial charge in [0.15, 0.2) is 12.4 Å². The molecule has 52 heavy (non-hydrogen) atoms. The van der Waals surface area contributed by atoms with Gasteiger partial charge in [-0.2, -0.15) is 8.42 Å². The average molecular weight is 759 g/mol. The smallest absolute Gasteiger partial charge is 0.306 e. The van der Waals surface area contributed by atoms with E-state index in [1.54, 1.807) is 0 Å². The fourth-order valence-electron chi connectivity index (χ4n) is 5.43. The molecule has 13 heteroatoms. The molecule has 300 valence electrons. The van der Waals surface area contributed by atoms with Crippen LogP contribution in [0, 0.1) is 0 Å². The fourth-order valence-corrected chi connectivity index (χ4v) is 6.12. The van der Waals surface area contributed by atoms with Crippen molar-refractivity contribution in [2.45, 2.75) is 166 Å². The second-order valence-corrected chi connectivity index (χ2v) is 14.7. The Balaban J connectivity index is 2.57. The molecule has 6 atom stereocenters. The molecular weight excluding hydrogens is 692 g/mol. The number of hydrogen-bond donors (Lipinski definition) is 4. The summed E-state index contributed by atoms with van der Waals surface area (Å²) < 4.78 is 53.7. The molecule has 0 aromatic rings. The first-order valence-corrected chi connectivity index (χ1v) is 20.8. The van der Waals surface area contributed by atoms with Crippen molar-refractivity contribution < 1.29 is 56.8 Å². The van der Waals surface area contributed by atoms with Gasteiger partial charge in [-0.05, 0) is 51.4 Å². The van der Waals surface area contributed by atoms with E-state index in [2.05, 4.69) is 62.5 Å². The summed E-state index contributed by atoms with van der Waals surface area (Å²) in [7, 11) is -4.60. The highest BCUT2D eigenvalue weighted by atomic mass is 32.2. The van der Waals surface area contributed by atoms with E-state index in [4.69, 9.17) is 18.9 Å². The third-order valence-corrected chi connectivity index (χ3v) is 9.17. The van der Waals surface area contributed by atoms with Gasteiger partial charge >= 0.3 is 11.9 Å². The first kappa shape index (κ1) is 47.6. The molecule has 0 bridgehead atoms. The van der Waals surface area contributed by atoms with Gasteiger partial charge in [0, 0.05) is 12.8 Å². The maximum absolute atomic E-state index is 12.7. The van der Waals surface area contributed by atoms with Gasteiger partial charge < -0.3 is 34.3 Å². The van der Waals surface area contributed by atoms with Gasteiger partial charge in [-0.1, -0.05) is 114 Å². The minimum absolute atomic E-state index is 0.111. The highest BCUT2D eigenvalue weighted by Gasteiger charge is 2.46. The Kier molecular flexibility index (Phi) is 27.5. The SMILES string of the molecule is CC/C=C\C/C=C\C/C=C\C/C=C\CCCCC(=O)OC(COC(=O)CCCCCCCCCCC)COC1OC(CS(=O)(=O)O)C(O)C(O)C1O. The van der Waals surface area contributed by atoms with Crippen molar-refractivity contribution in [2.24, 2.45) is 0 Å². The van der Waals surface area contributed by atoms with Crippen LogP contribution in [0.4, 0.5) is 0 Å². The highest BCUT2D eigenvalue weighted by molar-refractivity contribution is 7.85. The topological polar surface area (TPSA) is 186 Å². The van der Waals surface area contributed by atoms with Crippen LogP contribution in [0.5, 0.6) is 0 Å². The zero-order chi connectivity index (χ0) is 38.5. The Hall–Kier alpha value is -2.39. The number of ether oxygens (including phenoxy) is 4. The molecule has 0 aromatic carbocycles. The fraction of sp³-hybridized carbons (Fsp3) is 0.744. The van der Waals surface area contributed by atoms with E-state index >= 15 is 0 Å². The lowest BCUT2D eigenvalue weighted by atomic mass is 10.00. The van der Waals surface area contributed by atoms with Crippen LogP contribution in [0.2, 0.25) is 0 Å². The van der Waals surface area contributed by atoms with Crippen molar-refractivity contribution in [3.8, 4) is 0 Å². The summed E-state index contributed by atoms with van der Waals surface area (Å²) in [5, 5.41) is 30.7. The third-order valence-electron chi connectivity index (χ3n) is 8.42. The summed E-state index contributed by atoms with van der Waals surface area (Å²) in [6.45, 7) is 3.55. The summed E-state index contributed by atoms with van der Waals surface area (Å²) in [5.74, 6) is -2.05. The van der Waals surface area contributed by atoms with Crippen LogP contribution in [0.15, 0.2) is 48.6 Å². The van der Waals surface area contributed by atoms with E-state index < -0.39 is 71.2 Å². The normalized spacial score (nSPS) is 21.8. The first-order valence-electron chi connectivity index (χ1n) is 19.2. The molecule has 1 fully saturated rings. The monoisotopic (exact) mass is 758 g/mol. The number of esters is 2. The summed E-state index contributed by atoms with van der Waals surface area (Å²) in [6.07, 6.45) is 23.3. The third kappa shape index (κ3) is 24.8. The molecule has 12 nitrogen and oxygen atoms in total. The predicted molar refractivity (Wildman–Crippen MR) is 201 cm³/mol. The van der Waals surface area contributed by atoms with Gasteiger partial charge in [0.05, 0.1) is 6.61 Å². The van der Waals surface area contributed by atoms with E-state index in [1.165, 1.54) is 32.1 Å². The molecule has 6 unspecified atom stereocenters. The Labute approximate surface area is 312 Å². The number of allylic oxidation sites excluding steroid dienone is 8. The molecule has 0 saturated carbocycles. The molecule has 1 aliphatic rings. The minimum Gasteiger partial charge on any atom is -0.462 e. The first-order chi connectivity index (χ1) is 25.0. The summed E-state index contributed by atoms with van der Waals surface area (Å²) >= 11 is 0. The molecule has 1 saturated heterocycles. The van der Waals surface area contributed by atoms with Crippen LogP contribution in [-0.2, 0) is 38.7 Å². The van der Waals surface area contributed by atoms with Crippen molar-refractivity contribution in [2.75, 3.05) is 19.0 Å². The second-order valence-electron chi connectivity index (χ2n) is 13.2. The average Bonchev–Trinajstić information content (AvgIpc) is 3.10. The van der Waals surface area contributed by atoms with E-state index in [0.29, 0.717) is 12.8 Å². The van der Waals surface area contributed by atoms with Crippen molar-refractivity contribution in [3.63, 3.8) is 0 Å².